The van der Waals surface area contributed by atoms with Gasteiger partial charge in [-0.25, -0.2) is 9.82 Å². The molecule has 0 bridgehead atoms. The lowest BCUT2D eigenvalue weighted by molar-refractivity contribution is -0.124. The Balaban J connectivity index is 1.85. The van der Waals surface area contributed by atoms with E-state index in [4.69, 9.17) is 9.47 Å². The quantitative estimate of drug-likeness (QED) is 0.307. The molecule has 2 rings (SSSR count). The average molecular weight is 478 g/mol. The molecule has 0 aliphatic rings. The number of halogens is 2. The second kappa shape index (κ2) is 11.7. The molecule has 2 aromatic carbocycles. The lowest BCUT2D eigenvalue weighted by atomic mass is 10.2. The minimum absolute atomic E-state index is 0.0343. The Morgan fingerprint density at radius 1 is 1.20 bits per heavy atom. The normalized spacial score (nSPS) is 10.5. The standard InChI is InChI=1S/C21H21BrFN3O4/c1-3-10-30-21-17(22)11-14(12-18(21)29-2)13-24-26-20(28)9-8-19(27)25-16-6-4-15(23)5-7-16/h3-7,11-13H,1,8-10H2,2H3,(H,25,27)(H,26,28). The summed E-state index contributed by atoms with van der Waals surface area (Å²) >= 11 is 3.41. The maximum Gasteiger partial charge on any atom is 0.240 e. The number of rotatable bonds is 10. The van der Waals surface area contributed by atoms with Crippen LogP contribution in [0.2, 0.25) is 0 Å². The van der Waals surface area contributed by atoms with E-state index in [1.165, 1.54) is 37.6 Å². The fraction of sp³-hybridized carbons (Fsp3) is 0.190. The van der Waals surface area contributed by atoms with Crippen LogP contribution in [0.25, 0.3) is 0 Å². The summed E-state index contributed by atoms with van der Waals surface area (Å²) in [5.74, 6) is -0.141. The molecule has 0 heterocycles. The Kier molecular flexibility index (Phi) is 9.02. The number of nitrogens with one attached hydrogen (secondary N) is 2. The third-order valence-corrected chi connectivity index (χ3v) is 4.30. The second-order valence-electron chi connectivity index (χ2n) is 5.98. The van der Waals surface area contributed by atoms with Crippen LogP contribution in [0.1, 0.15) is 18.4 Å². The summed E-state index contributed by atoms with van der Waals surface area (Å²) in [5.41, 5.74) is 3.49. The molecule has 158 valence electrons. The van der Waals surface area contributed by atoms with Crippen molar-refractivity contribution in [2.75, 3.05) is 19.0 Å². The number of hydrazone groups is 1. The van der Waals surface area contributed by atoms with Gasteiger partial charge in [-0.1, -0.05) is 12.7 Å². The van der Waals surface area contributed by atoms with Crippen LogP contribution >= 0.6 is 15.9 Å². The van der Waals surface area contributed by atoms with Gasteiger partial charge in [-0.05, 0) is 57.9 Å². The number of hydrogen-bond donors (Lipinski definition) is 2. The summed E-state index contributed by atoms with van der Waals surface area (Å²) in [4.78, 5) is 23.7. The van der Waals surface area contributed by atoms with E-state index < -0.39 is 11.7 Å². The highest BCUT2D eigenvalue weighted by Crippen LogP contribution is 2.36. The molecule has 7 nitrogen and oxygen atoms in total. The van der Waals surface area contributed by atoms with Crippen molar-refractivity contribution in [3.05, 3.63) is 64.9 Å². The van der Waals surface area contributed by atoms with Crippen LogP contribution in [0.15, 0.2) is 58.6 Å². The van der Waals surface area contributed by atoms with Crippen molar-refractivity contribution in [1.29, 1.82) is 0 Å². The molecule has 0 aliphatic carbocycles. The number of amides is 2. The summed E-state index contributed by atoms with van der Waals surface area (Å²) in [5, 5.41) is 6.47. The van der Waals surface area contributed by atoms with E-state index in [1.54, 1.807) is 18.2 Å². The Morgan fingerprint density at radius 2 is 1.90 bits per heavy atom. The van der Waals surface area contributed by atoms with Gasteiger partial charge in [-0.2, -0.15) is 5.10 Å². The minimum atomic E-state index is -0.419. The zero-order valence-electron chi connectivity index (χ0n) is 16.3. The van der Waals surface area contributed by atoms with Crippen LogP contribution in [0, 0.1) is 5.82 Å². The highest BCUT2D eigenvalue weighted by molar-refractivity contribution is 9.10. The van der Waals surface area contributed by atoms with Gasteiger partial charge in [0.15, 0.2) is 11.5 Å². The highest BCUT2D eigenvalue weighted by atomic mass is 79.9. The predicted octanol–water partition coefficient (Wildman–Crippen LogP) is 4.03. The third-order valence-electron chi connectivity index (χ3n) is 3.71. The van der Waals surface area contributed by atoms with E-state index in [2.05, 4.69) is 38.4 Å². The van der Waals surface area contributed by atoms with Crippen LogP contribution in [0.5, 0.6) is 11.5 Å². The van der Waals surface area contributed by atoms with Gasteiger partial charge in [-0.15, -0.1) is 0 Å². The zero-order chi connectivity index (χ0) is 21.9. The first kappa shape index (κ1) is 23.1. The first-order valence-electron chi connectivity index (χ1n) is 8.91. The molecule has 2 amide bonds. The first-order chi connectivity index (χ1) is 14.4. The van der Waals surface area contributed by atoms with Gasteiger partial charge in [0.1, 0.15) is 12.4 Å². The van der Waals surface area contributed by atoms with Crippen LogP contribution in [-0.4, -0.2) is 31.7 Å². The van der Waals surface area contributed by atoms with Crippen molar-refractivity contribution in [3.63, 3.8) is 0 Å². The number of anilines is 1. The summed E-state index contributed by atoms with van der Waals surface area (Å²) < 4.78 is 24.4. The Morgan fingerprint density at radius 3 is 2.57 bits per heavy atom. The fourth-order valence-corrected chi connectivity index (χ4v) is 2.89. The molecule has 0 spiro atoms. The number of benzene rings is 2. The molecular formula is C21H21BrFN3O4. The van der Waals surface area contributed by atoms with Crippen molar-refractivity contribution >= 4 is 39.6 Å². The Bertz CT molecular complexity index is 933. The molecule has 0 aliphatic heterocycles. The largest absolute Gasteiger partial charge is 0.493 e. The molecule has 2 aromatic rings. The SMILES string of the molecule is C=CCOc1c(Br)cc(C=NNC(=O)CCC(=O)Nc2ccc(F)cc2)cc1OC. The molecule has 9 heteroatoms. The summed E-state index contributed by atoms with van der Waals surface area (Å²) in [6.45, 7) is 3.93. The van der Waals surface area contributed by atoms with Gasteiger partial charge in [0.05, 0.1) is 17.8 Å². The zero-order valence-corrected chi connectivity index (χ0v) is 17.9. The maximum atomic E-state index is 12.9. The smallest absolute Gasteiger partial charge is 0.240 e. The van der Waals surface area contributed by atoms with E-state index in [-0.39, 0.29) is 18.7 Å². The molecule has 0 unspecified atom stereocenters. The van der Waals surface area contributed by atoms with Crippen LogP contribution in [0.3, 0.4) is 0 Å². The highest BCUT2D eigenvalue weighted by Gasteiger charge is 2.11. The van der Waals surface area contributed by atoms with Crippen LogP contribution in [0.4, 0.5) is 10.1 Å². The number of carbonyl (C=O) groups excluding carboxylic acids is 2. The third kappa shape index (κ3) is 7.32. The molecule has 0 atom stereocenters. The monoisotopic (exact) mass is 477 g/mol. The maximum absolute atomic E-state index is 12.9. The van der Waals surface area contributed by atoms with Gasteiger partial charge in [0, 0.05) is 18.5 Å². The predicted molar refractivity (Wildman–Crippen MR) is 116 cm³/mol. The Hall–Kier alpha value is -3.20. The van der Waals surface area contributed by atoms with Gasteiger partial charge >= 0.3 is 0 Å². The lowest BCUT2D eigenvalue weighted by Crippen LogP contribution is -2.20. The van der Waals surface area contributed by atoms with E-state index in [0.717, 1.165) is 0 Å². The number of carbonyl (C=O) groups is 2. The Labute approximate surface area is 182 Å². The van der Waals surface area contributed by atoms with Crippen molar-refractivity contribution in [1.82, 2.24) is 5.43 Å². The fourth-order valence-electron chi connectivity index (χ4n) is 2.32. The van der Waals surface area contributed by atoms with Gasteiger partial charge in [-0.3, -0.25) is 9.59 Å². The summed E-state index contributed by atoms with van der Waals surface area (Å²) in [6.07, 6.45) is 2.98. The molecule has 0 saturated heterocycles. The van der Waals surface area contributed by atoms with E-state index >= 15 is 0 Å². The number of nitrogens with zero attached hydrogens (tertiary/aromatic N) is 1. The molecule has 2 N–H and O–H groups in total. The topological polar surface area (TPSA) is 89.0 Å². The summed E-state index contributed by atoms with van der Waals surface area (Å²) in [6, 6.07) is 8.82. The van der Waals surface area contributed by atoms with Gasteiger partial charge in [0.25, 0.3) is 0 Å². The first-order valence-corrected chi connectivity index (χ1v) is 9.70. The molecule has 30 heavy (non-hydrogen) atoms. The summed E-state index contributed by atoms with van der Waals surface area (Å²) in [7, 11) is 1.52. The number of ether oxygens (including phenoxy) is 2. The van der Waals surface area contributed by atoms with Crippen molar-refractivity contribution in [2.24, 2.45) is 5.10 Å². The molecule has 0 saturated carbocycles. The van der Waals surface area contributed by atoms with Crippen molar-refractivity contribution < 1.29 is 23.5 Å². The minimum Gasteiger partial charge on any atom is -0.493 e. The van der Waals surface area contributed by atoms with E-state index in [1.807, 2.05) is 0 Å². The van der Waals surface area contributed by atoms with Crippen LogP contribution in [-0.2, 0) is 9.59 Å². The van der Waals surface area contributed by atoms with Gasteiger partial charge < -0.3 is 14.8 Å². The van der Waals surface area contributed by atoms with E-state index in [0.29, 0.717) is 33.8 Å². The van der Waals surface area contributed by atoms with Crippen LogP contribution < -0.4 is 20.2 Å². The second-order valence-corrected chi connectivity index (χ2v) is 6.84. The van der Waals surface area contributed by atoms with Crippen molar-refractivity contribution in [3.8, 4) is 11.5 Å². The molecule has 0 radical (unpaired) electrons. The average Bonchev–Trinajstić information content (AvgIpc) is 2.73. The lowest BCUT2D eigenvalue weighted by Gasteiger charge is -2.12. The molecular weight excluding hydrogens is 457 g/mol. The number of methoxy groups -OCH3 is 1. The molecule has 0 aromatic heterocycles. The number of hydrogen-bond acceptors (Lipinski definition) is 5. The van der Waals surface area contributed by atoms with Gasteiger partial charge in [0.2, 0.25) is 11.8 Å². The molecule has 0 fully saturated rings. The van der Waals surface area contributed by atoms with E-state index in [9.17, 15) is 14.0 Å². The van der Waals surface area contributed by atoms with Crippen molar-refractivity contribution in [2.45, 2.75) is 12.8 Å².